The minimum atomic E-state index is -0.578. The number of anilines is 3. The minimum Gasteiger partial charge on any atom is -0.357 e. The number of rotatable bonds is 8. The van der Waals surface area contributed by atoms with Crippen molar-refractivity contribution in [2.75, 3.05) is 29.6 Å². The lowest BCUT2D eigenvalue weighted by Gasteiger charge is -2.27. The zero-order valence-corrected chi connectivity index (χ0v) is 19.2. The molecule has 3 heterocycles. The number of halogens is 1. The molecule has 0 unspecified atom stereocenters. The molecule has 0 saturated carbocycles. The fourth-order valence-corrected chi connectivity index (χ4v) is 3.91. The summed E-state index contributed by atoms with van der Waals surface area (Å²) in [5, 5.41) is 12.2. The van der Waals surface area contributed by atoms with Gasteiger partial charge in [0.1, 0.15) is 29.2 Å². The molecule has 11 heteroatoms. The van der Waals surface area contributed by atoms with Gasteiger partial charge in [-0.1, -0.05) is 12.1 Å². The molecule has 33 heavy (non-hydrogen) atoms. The van der Waals surface area contributed by atoms with Gasteiger partial charge >= 0.3 is 0 Å². The van der Waals surface area contributed by atoms with Crippen LogP contribution in [-0.2, 0) is 18.3 Å². The molecule has 0 fully saturated rings. The molecule has 1 aromatic carbocycles. The number of nitrogens with zero attached hydrogens (tertiary/aromatic N) is 6. The van der Waals surface area contributed by atoms with Crippen molar-refractivity contribution in [1.82, 2.24) is 24.7 Å². The Balaban J connectivity index is 1.58. The van der Waals surface area contributed by atoms with Crippen molar-refractivity contribution in [2.45, 2.75) is 12.5 Å². The van der Waals surface area contributed by atoms with E-state index >= 15 is 0 Å². The molecule has 1 atom stereocenters. The number of hydrogen-bond donors (Lipinski definition) is 2. The van der Waals surface area contributed by atoms with Crippen molar-refractivity contribution >= 4 is 34.8 Å². The van der Waals surface area contributed by atoms with E-state index in [0.717, 1.165) is 5.56 Å². The lowest BCUT2D eigenvalue weighted by atomic mass is 10.0. The average Bonchev–Trinajstić information content (AvgIpc) is 3.49. The standard InChI is InChI=1S/C22H23FN8OS/c1-24-22-25-9-8-16(27-22)17-11-19(31(3)29-17)28-21(32)18(30(2)20-12-33-13-26-20)10-14-4-6-15(23)7-5-14/h4-9,11-13,18H,10H2,1-3H3,(H,28,32)(H,24,25,27)/t18-/m0/s1. The van der Waals surface area contributed by atoms with Gasteiger partial charge in [0, 0.05) is 45.2 Å². The van der Waals surface area contributed by atoms with Crippen LogP contribution in [0.3, 0.4) is 0 Å². The highest BCUT2D eigenvalue weighted by atomic mass is 32.1. The first-order valence-corrected chi connectivity index (χ1v) is 11.1. The second kappa shape index (κ2) is 9.74. The van der Waals surface area contributed by atoms with Crippen molar-refractivity contribution in [3.05, 3.63) is 64.9 Å². The van der Waals surface area contributed by atoms with Gasteiger partial charge in [0.2, 0.25) is 11.9 Å². The highest BCUT2D eigenvalue weighted by Crippen LogP contribution is 2.22. The number of aromatic nitrogens is 5. The number of carbonyl (C=O) groups is 1. The number of likely N-dealkylation sites (N-methyl/N-ethyl adjacent to an activating group) is 1. The maximum absolute atomic E-state index is 13.4. The molecule has 0 aliphatic carbocycles. The highest BCUT2D eigenvalue weighted by molar-refractivity contribution is 7.07. The number of hydrogen-bond acceptors (Lipinski definition) is 8. The van der Waals surface area contributed by atoms with Crippen LogP contribution in [0.5, 0.6) is 0 Å². The topological polar surface area (TPSA) is 101 Å². The first kappa shape index (κ1) is 22.3. The van der Waals surface area contributed by atoms with Gasteiger partial charge in [-0.3, -0.25) is 9.48 Å². The van der Waals surface area contributed by atoms with E-state index in [1.165, 1.54) is 23.5 Å². The zero-order chi connectivity index (χ0) is 23.4. The molecule has 1 amide bonds. The number of carbonyl (C=O) groups excluding carboxylic acids is 1. The van der Waals surface area contributed by atoms with Crippen LogP contribution in [0.4, 0.5) is 22.0 Å². The molecular formula is C22H23FN8OS. The Labute approximate surface area is 194 Å². The van der Waals surface area contributed by atoms with Crippen LogP contribution in [0.15, 0.2) is 53.5 Å². The van der Waals surface area contributed by atoms with Crippen LogP contribution in [-0.4, -0.2) is 50.8 Å². The summed E-state index contributed by atoms with van der Waals surface area (Å²) < 4.78 is 15.0. The van der Waals surface area contributed by atoms with Gasteiger partial charge in [-0.2, -0.15) is 5.10 Å². The minimum absolute atomic E-state index is 0.233. The molecule has 4 aromatic rings. The highest BCUT2D eigenvalue weighted by Gasteiger charge is 2.26. The van der Waals surface area contributed by atoms with E-state index in [0.29, 0.717) is 35.4 Å². The van der Waals surface area contributed by atoms with Gasteiger partial charge < -0.3 is 15.5 Å². The fraction of sp³-hybridized carbons (Fsp3) is 0.227. The van der Waals surface area contributed by atoms with Gasteiger partial charge in [0.05, 0.1) is 11.2 Å². The number of amides is 1. The van der Waals surface area contributed by atoms with Gasteiger partial charge in [-0.15, -0.1) is 11.3 Å². The van der Waals surface area contributed by atoms with Crippen LogP contribution < -0.4 is 15.5 Å². The molecule has 0 aliphatic rings. The summed E-state index contributed by atoms with van der Waals surface area (Å²) in [7, 11) is 5.30. The number of nitrogens with one attached hydrogen (secondary N) is 2. The van der Waals surface area contributed by atoms with Crippen molar-refractivity contribution in [3.63, 3.8) is 0 Å². The number of aryl methyl sites for hydroxylation is 1. The zero-order valence-electron chi connectivity index (χ0n) is 18.4. The Bertz CT molecular complexity index is 1230. The van der Waals surface area contributed by atoms with Gasteiger partial charge in [-0.25, -0.2) is 19.3 Å². The van der Waals surface area contributed by atoms with E-state index in [1.807, 2.05) is 17.3 Å². The van der Waals surface area contributed by atoms with E-state index in [4.69, 9.17) is 0 Å². The van der Waals surface area contributed by atoms with Crippen molar-refractivity contribution in [1.29, 1.82) is 0 Å². The van der Waals surface area contributed by atoms with Gasteiger partial charge in [0.15, 0.2) is 0 Å². The Kier molecular flexibility index (Phi) is 6.59. The Morgan fingerprint density at radius 2 is 2.00 bits per heavy atom. The molecule has 4 rings (SSSR count). The average molecular weight is 467 g/mol. The summed E-state index contributed by atoms with van der Waals surface area (Å²) in [5.74, 6) is 1.14. The van der Waals surface area contributed by atoms with Crippen molar-refractivity contribution in [2.24, 2.45) is 7.05 Å². The van der Waals surface area contributed by atoms with Crippen LogP contribution in [0, 0.1) is 5.82 Å². The molecule has 0 aliphatic heterocycles. The maximum Gasteiger partial charge on any atom is 0.248 e. The quantitative estimate of drug-likeness (QED) is 0.411. The van der Waals surface area contributed by atoms with Crippen molar-refractivity contribution < 1.29 is 9.18 Å². The molecular weight excluding hydrogens is 443 g/mol. The Morgan fingerprint density at radius 1 is 1.21 bits per heavy atom. The normalized spacial score (nSPS) is 11.8. The van der Waals surface area contributed by atoms with Crippen molar-refractivity contribution in [3.8, 4) is 11.4 Å². The second-order valence-electron chi connectivity index (χ2n) is 7.35. The molecule has 0 saturated heterocycles. The number of thiazole rings is 1. The molecule has 0 spiro atoms. The third-order valence-corrected chi connectivity index (χ3v) is 5.74. The first-order chi connectivity index (χ1) is 15.9. The van der Waals surface area contributed by atoms with Crippen LogP contribution in [0.2, 0.25) is 0 Å². The summed E-state index contributed by atoms with van der Waals surface area (Å²) in [4.78, 5) is 28.0. The van der Waals surface area contributed by atoms with Crippen LogP contribution in [0.25, 0.3) is 11.4 Å². The summed E-state index contributed by atoms with van der Waals surface area (Å²) in [6.45, 7) is 0. The SMILES string of the molecule is CNc1nccc(-c2cc(NC(=O)[C@H](Cc3ccc(F)cc3)N(C)c3cscn3)n(C)n2)n1. The summed E-state index contributed by atoms with van der Waals surface area (Å²) >= 11 is 1.45. The van der Waals surface area contributed by atoms with Gasteiger partial charge in [-0.05, 0) is 23.8 Å². The molecule has 0 radical (unpaired) electrons. The molecule has 2 N–H and O–H groups in total. The first-order valence-electron chi connectivity index (χ1n) is 10.2. The predicted octanol–water partition coefficient (Wildman–Crippen LogP) is 3.20. The second-order valence-corrected chi connectivity index (χ2v) is 8.07. The van der Waals surface area contributed by atoms with E-state index in [9.17, 15) is 9.18 Å². The lowest BCUT2D eigenvalue weighted by molar-refractivity contribution is -0.117. The predicted molar refractivity (Wildman–Crippen MR) is 127 cm³/mol. The molecule has 170 valence electrons. The third-order valence-electron chi connectivity index (χ3n) is 5.17. The Morgan fingerprint density at radius 3 is 2.70 bits per heavy atom. The monoisotopic (exact) mass is 466 g/mol. The van der Waals surface area contributed by atoms with Crippen LogP contribution in [0.1, 0.15) is 5.56 Å². The number of benzene rings is 1. The summed E-state index contributed by atoms with van der Waals surface area (Å²) in [6.07, 6.45) is 2.02. The van der Waals surface area contributed by atoms with E-state index in [2.05, 4.69) is 30.7 Å². The Hall–Kier alpha value is -3.86. The molecule has 3 aromatic heterocycles. The molecule has 9 nitrogen and oxygen atoms in total. The van der Waals surface area contributed by atoms with E-state index in [1.54, 1.807) is 54.7 Å². The van der Waals surface area contributed by atoms with E-state index in [-0.39, 0.29) is 11.7 Å². The smallest absolute Gasteiger partial charge is 0.248 e. The fourth-order valence-electron chi connectivity index (χ4n) is 3.33. The largest absolute Gasteiger partial charge is 0.357 e. The van der Waals surface area contributed by atoms with E-state index < -0.39 is 6.04 Å². The third kappa shape index (κ3) is 5.14. The lowest BCUT2D eigenvalue weighted by Crippen LogP contribution is -2.44. The van der Waals surface area contributed by atoms with Crippen LogP contribution >= 0.6 is 11.3 Å². The van der Waals surface area contributed by atoms with Gasteiger partial charge in [0.25, 0.3) is 0 Å². The summed E-state index contributed by atoms with van der Waals surface area (Å²) in [5.41, 5.74) is 3.79. The summed E-state index contributed by atoms with van der Waals surface area (Å²) in [6, 6.07) is 9.08. The molecule has 0 bridgehead atoms. The maximum atomic E-state index is 13.4.